The van der Waals surface area contributed by atoms with Crippen LogP contribution in [0.25, 0.3) is 0 Å². The molecule has 0 rings (SSSR count). The number of allylic oxidation sites excluding steroid dienone is 2. The quantitative estimate of drug-likeness (QED) is 0.492. The number of unbranched alkanes of at least 4 members (excludes halogenated alkanes) is 4. The molecule has 0 aliphatic heterocycles. The molecule has 0 saturated carbocycles. The van der Waals surface area contributed by atoms with Gasteiger partial charge in [0.2, 0.25) is 0 Å². The average molecular weight is 139 g/mol. The molecule has 0 N–H and O–H groups in total. The van der Waals surface area contributed by atoms with Gasteiger partial charge in [-0.1, -0.05) is 45.3 Å². The van der Waals surface area contributed by atoms with Crippen molar-refractivity contribution >= 4 is 0 Å². The van der Waals surface area contributed by atoms with E-state index in [4.69, 9.17) is 0 Å². The molecule has 59 valence electrons. The first-order chi connectivity index (χ1) is 4.91. The maximum absolute atomic E-state index is 2.25. The predicted octanol–water partition coefficient (Wildman–Crippen LogP) is 3.74. The summed E-state index contributed by atoms with van der Waals surface area (Å²) < 4.78 is 0. The Morgan fingerprint density at radius 2 is 1.90 bits per heavy atom. The van der Waals surface area contributed by atoms with Gasteiger partial charge in [0.1, 0.15) is 0 Å². The van der Waals surface area contributed by atoms with Gasteiger partial charge in [-0.3, -0.25) is 0 Å². The van der Waals surface area contributed by atoms with Gasteiger partial charge in [-0.05, 0) is 19.3 Å². The highest BCUT2D eigenvalue weighted by molar-refractivity contribution is 4.91. The van der Waals surface area contributed by atoms with Crippen LogP contribution in [-0.2, 0) is 0 Å². The molecule has 0 nitrogen and oxygen atoms in total. The lowest BCUT2D eigenvalue weighted by Gasteiger charge is -1.92. The Labute approximate surface area is 65.3 Å². The van der Waals surface area contributed by atoms with E-state index >= 15 is 0 Å². The van der Waals surface area contributed by atoms with Crippen LogP contribution in [0.5, 0.6) is 0 Å². The van der Waals surface area contributed by atoms with E-state index in [1.165, 1.54) is 32.1 Å². The maximum atomic E-state index is 2.25. The van der Waals surface area contributed by atoms with Gasteiger partial charge in [0.25, 0.3) is 0 Å². The Balaban J connectivity index is 2.83. The molecule has 0 heterocycles. The average Bonchev–Trinajstić information content (AvgIpc) is 1.97. The van der Waals surface area contributed by atoms with Crippen molar-refractivity contribution < 1.29 is 0 Å². The van der Waals surface area contributed by atoms with Crippen molar-refractivity contribution in [2.45, 2.75) is 46.0 Å². The monoisotopic (exact) mass is 139 g/mol. The van der Waals surface area contributed by atoms with Gasteiger partial charge in [-0.15, -0.1) is 0 Å². The molecule has 0 saturated heterocycles. The van der Waals surface area contributed by atoms with Crippen molar-refractivity contribution in [3.05, 3.63) is 18.6 Å². The predicted molar refractivity (Wildman–Crippen MR) is 47.9 cm³/mol. The van der Waals surface area contributed by atoms with Crippen molar-refractivity contribution in [1.29, 1.82) is 0 Å². The van der Waals surface area contributed by atoms with Crippen LogP contribution in [-0.4, -0.2) is 0 Å². The first-order valence-corrected chi connectivity index (χ1v) is 4.36. The molecule has 0 aliphatic rings. The molecule has 10 heavy (non-hydrogen) atoms. The molecule has 0 fully saturated rings. The van der Waals surface area contributed by atoms with Crippen molar-refractivity contribution in [1.82, 2.24) is 0 Å². The first kappa shape index (κ1) is 9.74. The molecule has 0 heteroatoms. The summed E-state index contributed by atoms with van der Waals surface area (Å²) in [5.74, 6) is 0. The summed E-state index contributed by atoms with van der Waals surface area (Å²) in [6.45, 7) is 4.30. The van der Waals surface area contributed by atoms with Gasteiger partial charge in [0, 0.05) is 0 Å². The fourth-order valence-electron chi connectivity index (χ4n) is 0.921. The maximum Gasteiger partial charge on any atom is -0.0202 e. The lowest BCUT2D eigenvalue weighted by Crippen LogP contribution is -1.73. The largest absolute Gasteiger partial charge is 0.0882 e. The van der Waals surface area contributed by atoms with Crippen LogP contribution in [0.4, 0.5) is 0 Å². The minimum atomic E-state index is 1.25. The highest BCUT2D eigenvalue weighted by Crippen LogP contribution is 2.02. The molecule has 0 aromatic heterocycles. The standard InChI is InChI=1S/C10H19/c1-3-5-7-9-10-8-6-4-2/h3,5,7H,4,6,8-10H2,1-2H3/b7-5+. The first-order valence-electron chi connectivity index (χ1n) is 4.36. The van der Waals surface area contributed by atoms with E-state index in [-0.39, 0.29) is 0 Å². The van der Waals surface area contributed by atoms with Crippen molar-refractivity contribution in [3.8, 4) is 0 Å². The van der Waals surface area contributed by atoms with Crippen LogP contribution in [0.1, 0.15) is 46.0 Å². The van der Waals surface area contributed by atoms with E-state index in [1.807, 2.05) is 0 Å². The van der Waals surface area contributed by atoms with E-state index in [0.29, 0.717) is 0 Å². The van der Waals surface area contributed by atoms with Crippen LogP contribution in [0.3, 0.4) is 0 Å². The zero-order chi connectivity index (χ0) is 7.66. The van der Waals surface area contributed by atoms with E-state index in [2.05, 4.69) is 32.4 Å². The van der Waals surface area contributed by atoms with E-state index in [0.717, 1.165) is 0 Å². The molecule has 0 bridgehead atoms. The van der Waals surface area contributed by atoms with Crippen molar-refractivity contribution in [3.63, 3.8) is 0 Å². The fourth-order valence-corrected chi connectivity index (χ4v) is 0.921. The second-order valence-corrected chi connectivity index (χ2v) is 2.61. The second kappa shape index (κ2) is 8.74. The molecule has 1 radical (unpaired) electrons. The zero-order valence-corrected chi connectivity index (χ0v) is 7.27. The third-order valence-corrected chi connectivity index (χ3v) is 1.55. The molecule has 0 atom stereocenters. The molecule has 0 aromatic carbocycles. The summed E-state index contributed by atoms with van der Waals surface area (Å²) in [7, 11) is 0. The number of hydrogen-bond acceptors (Lipinski definition) is 0. The summed E-state index contributed by atoms with van der Waals surface area (Å²) in [5.41, 5.74) is 0. The molecular formula is C10H19. The molecular weight excluding hydrogens is 120 g/mol. The van der Waals surface area contributed by atoms with Gasteiger partial charge in [-0.2, -0.15) is 0 Å². The number of hydrogen-bond donors (Lipinski definition) is 0. The summed E-state index contributed by atoms with van der Waals surface area (Å²) in [6.07, 6.45) is 13.2. The second-order valence-electron chi connectivity index (χ2n) is 2.61. The normalized spacial score (nSPS) is 11.0. The Morgan fingerprint density at radius 1 is 1.10 bits per heavy atom. The molecule has 0 unspecified atom stereocenters. The lowest BCUT2D eigenvalue weighted by atomic mass is 10.1. The minimum absolute atomic E-state index is 1.25. The highest BCUT2D eigenvalue weighted by Gasteiger charge is 1.82. The Kier molecular flexibility index (Phi) is 8.51. The third-order valence-electron chi connectivity index (χ3n) is 1.55. The third kappa shape index (κ3) is 7.74. The van der Waals surface area contributed by atoms with Crippen LogP contribution >= 0.6 is 0 Å². The van der Waals surface area contributed by atoms with Gasteiger partial charge < -0.3 is 0 Å². The van der Waals surface area contributed by atoms with Gasteiger partial charge in [-0.25, -0.2) is 0 Å². The van der Waals surface area contributed by atoms with E-state index in [9.17, 15) is 0 Å². The van der Waals surface area contributed by atoms with E-state index < -0.39 is 0 Å². The minimum Gasteiger partial charge on any atom is -0.0882 e. The highest BCUT2D eigenvalue weighted by atomic mass is 13.9. The molecule has 0 aromatic rings. The summed E-state index contributed by atoms with van der Waals surface area (Å²) in [6, 6.07) is 0. The van der Waals surface area contributed by atoms with E-state index in [1.54, 1.807) is 0 Å². The van der Waals surface area contributed by atoms with Crippen molar-refractivity contribution in [2.24, 2.45) is 0 Å². The fraction of sp³-hybridized carbons (Fsp3) is 0.700. The SMILES string of the molecule is C[CH]/C=C/CCCCCC. The smallest absolute Gasteiger partial charge is 0.0202 e. The van der Waals surface area contributed by atoms with Crippen LogP contribution < -0.4 is 0 Å². The van der Waals surface area contributed by atoms with Crippen molar-refractivity contribution in [2.75, 3.05) is 0 Å². The molecule has 0 aliphatic carbocycles. The van der Waals surface area contributed by atoms with Gasteiger partial charge in [0.15, 0.2) is 0 Å². The summed E-state index contributed by atoms with van der Waals surface area (Å²) >= 11 is 0. The van der Waals surface area contributed by atoms with Crippen LogP contribution in [0.2, 0.25) is 0 Å². The Bertz CT molecular complexity index is 72.1. The number of rotatable bonds is 6. The lowest BCUT2D eigenvalue weighted by molar-refractivity contribution is 0.674. The van der Waals surface area contributed by atoms with Crippen LogP contribution in [0.15, 0.2) is 12.2 Å². The Hall–Kier alpha value is -0.260. The van der Waals surface area contributed by atoms with Gasteiger partial charge >= 0.3 is 0 Å². The molecule has 0 spiro atoms. The van der Waals surface area contributed by atoms with Crippen LogP contribution in [0, 0.1) is 6.42 Å². The summed E-state index contributed by atoms with van der Waals surface area (Å²) in [4.78, 5) is 0. The topological polar surface area (TPSA) is 0 Å². The Morgan fingerprint density at radius 3 is 2.50 bits per heavy atom. The zero-order valence-electron chi connectivity index (χ0n) is 7.27. The molecule has 0 amide bonds. The van der Waals surface area contributed by atoms with Gasteiger partial charge in [0.05, 0.1) is 0 Å². The summed E-state index contributed by atoms with van der Waals surface area (Å²) in [5, 5.41) is 0.